The molecule has 4 unspecified atom stereocenters. The highest BCUT2D eigenvalue weighted by Crippen LogP contribution is 2.68. The minimum atomic E-state index is -1.53. The lowest BCUT2D eigenvalue weighted by molar-refractivity contribution is -0.179. The smallest absolute Gasteiger partial charge is 0.176 e. The van der Waals surface area contributed by atoms with E-state index in [1.54, 1.807) is 0 Å². The van der Waals surface area contributed by atoms with Gasteiger partial charge in [-0.1, -0.05) is 67.4 Å². The van der Waals surface area contributed by atoms with E-state index in [0.717, 1.165) is 17.6 Å². The molecule has 0 N–H and O–H groups in total. The Morgan fingerprint density at radius 2 is 1.45 bits per heavy atom. The van der Waals surface area contributed by atoms with Crippen molar-refractivity contribution in [3.05, 3.63) is 57.9 Å². The number of allylic oxidation sites excluding steroid dienone is 10. The summed E-state index contributed by atoms with van der Waals surface area (Å²) in [7, 11) is 1.53. The SMILES string of the molecule is COC1=C(CC=C(C)C)C(=O)C2(CC=C(C)C)CC(CC=C(C)C)C(C)(CCC=C(C)C)C1(C(=O)C(C)C)C2=O. The van der Waals surface area contributed by atoms with Crippen LogP contribution in [0, 0.1) is 28.1 Å². The van der Waals surface area contributed by atoms with E-state index in [1.807, 2.05) is 53.7 Å². The van der Waals surface area contributed by atoms with Gasteiger partial charge in [-0.05, 0) is 105 Å². The standard InChI is InChI=1S/C36H54O4/c1-23(2)14-13-20-34(11)28(17-15-24(3)4)22-35(21-19-26(7)8)31(38)29(18-16-25(5)6)32(40-12)36(34,33(35)39)30(37)27(9)10/h14-16,19,27-28H,13,17-18,20-22H2,1-12H3. The zero-order valence-electron chi connectivity index (χ0n) is 27.3. The zero-order chi connectivity index (χ0) is 30.6. The topological polar surface area (TPSA) is 60.4 Å². The lowest BCUT2D eigenvalue weighted by Crippen LogP contribution is -2.70. The summed E-state index contributed by atoms with van der Waals surface area (Å²) in [5.74, 6) is -0.693. The van der Waals surface area contributed by atoms with E-state index in [1.165, 1.54) is 18.3 Å². The Balaban J connectivity index is 3.17. The van der Waals surface area contributed by atoms with Gasteiger partial charge in [-0.2, -0.15) is 0 Å². The second-order valence-corrected chi connectivity index (χ2v) is 13.6. The van der Waals surface area contributed by atoms with Gasteiger partial charge in [-0.25, -0.2) is 0 Å². The fourth-order valence-corrected chi connectivity index (χ4v) is 6.97. The van der Waals surface area contributed by atoms with Crippen LogP contribution in [0.5, 0.6) is 0 Å². The molecule has 222 valence electrons. The number of rotatable bonds is 12. The lowest BCUT2D eigenvalue weighted by Gasteiger charge is -2.62. The number of carbonyl (C=O) groups is 3. The molecule has 2 bridgehead atoms. The molecule has 4 nitrogen and oxygen atoms in total. The second-order valence-electron chi connectivity index (χ2n) is 13.6. The normalized spacial score (nSPS) is 27.8. The number of ketones is 3. The van der Waals surface area contributed by atoms with Crippen LogP contribution in [0.2, 0.25) is 0 Å². The van der Waals surface area contributed by atoms with Gasteiger partial charge in [0, 0.05) is 11.5 Å². The highest BCUT2D eigenvalue weighted by Gasteiger charge is 2.75. The number of Topliss-reactive ketones (excluding diaryl/α,β-unsaturated/α-hetero) is 3. The second kappa shape index (κ2) is 13.0. The van der Waals surface area contributed by atoms with Crippen molar-refractivity contribution in [3.8, 4) is 0 Å². The highest BCUT2D eigenvalue weighted by molar-refractivity contribution is 6.27. The summed E-state index contributed by atoms with van der Waals surface area (Å²) in [6.07, 6.45) is 11.6. The number of hydrogen-bond acceptors (Lipinski definition) is 4. The van der Waals surface area contributed by atoms with E-state index in [9.17, 15) is 9.59 Å². The van der Waals surface area contributed by atoms with Gasteiger partial charge in [0.15, 0.2) is 22.8 Å². The molecule has 0 aromatic carbocycles. The maximum absolute atomic E-state index is 15.2. The third-order valence-electron chi connectivity index (χ3n) is 9.15. The Kier molecular flexibility index (Phi) is 11.0. The zero-order valence-corrected chi connectivity index (χ0v) is 27.3. The van der Waals surface area contributed by atoms with E-state index in [2.05, 4.69) is 46.8 Å². The number of methoxy groups -OCH3 is 1. The van der Waals surface area contributed by atoms with Crippen molar-refractivity contribution in [2.45, 2.75) is 115 Å². The van der Waals surface area contributed by atoms with Crippen molar-refractivity contribution in [1.82, 2.24) is 0 Å². The Bertz CT molecular complexity index is 1160. The molecule has 1 fully saturated rings. The van der Waals surface area contributed by atoms with Gasteiger partial charge in [-0.15, -0.1) is 0 Å². The molecule has 2 aliphatic rings. The molecule has 0 saturated heterocycles. The lowest BCUT2D eigenvalue weighted by atomic mass is 9.38. The van der Waals surface area contributed by atoms with Crippen LogP contribution < -0.4 is 0 Å². The Labute approximate surface area is 244 Å². The van der Waals surface area contributed by atoms with Crippen LogP contribution in [0.1, 0.15) is 115 Å². The van der Waals surface area contributed by atoms with E-state index >= 15 is 4.79 Å². The molecule has 0 amide bonds. The Morgan fingerprint density at radius 3 is 1.93 bits per heavy atom. The quantitative estimate of drug-likeness (QED) is 0.180. The molecular weight excluding hydrogens is 496 g/mol. The summed E-state index contributed by atoms with van der Waals surface area (Å²) in [6.45, 7) is 22.2. The number of fused-ring (bicyclic) bond motifs is 2. The molecule has 0 spiro atoms. The molecule has 40 heavy (non-hydrogen) atoms. The molecular formula is C36H54O4. The predicted molar refractivity (Wildman–Crippen MR) is 166 cm³/mol. The molecule has 0 aromatic rings. The Hall–Kier alpha value is -2.49. The monoisotopic (exact) mass is 550 g/mol. The summed E-state index contributed by atoms with van der Waals surface area (Å²) in [4.78, 5) is 44.6. The first-order valence-corrected chi connectivity index (χ1v) is 15.0. The summed E-state index contributed by atoms with van der Waals surface area (Å²) >= 11 is 0. The number of hydrogen-bond donors (Lipinski definition) is 0. The molecule has 0 aromatic heterocycles. The van der Waals surface area contributed by atoms with Crippen LogP contribution in [0.4, 0.5) is 0 Å². The van der Waals surface area contributed by atoms with Crippen LogP contribution in [0.25, 0.3) is 0 Å². The van der Waals surface area contributed by atoms with E-state index in [0.29, 0.717) is 43.4 Å². The van der Waals surface area contributed by atoms with Crippen LogP contribution in [0.3, 0.4) is 0 Å². The van der Waals surface area contributed by atoms with Crippen molar-refractivity contribution in [2.75, 3.05) is 7.11 Å². The van der Waals surface area contributed by atoms with E-state index in [-0.39, 0.29) is 23.3 Å². The summed E-state index contributed by atoms with van der Waals surface area (Å²) < 4.78 is 6.15. The van der Waals surface area contributed by atoms with Gasteiger partial charge in [0.1, 0.15) is 5.76 Å². The van der Waals surface area contributed by atoms with Gasteiger partial charge >= 0.3 is 0 Å². The van der Waals surface area contributed by atoms with Crippen molar-refractivity contribution in [2.24, 2.45) is 28.1 Å². The minimum Gasteiger partial charge on any atom is -0.499 e. The first kappa shape index (κ1) is 33.7. The molecule has 4 heteroatoms. The molecule has 0 aliphatic heterocycles. The fraction of sp³-hybridized carbons (Fsp3) is 0.639. The van der Waals surface area contributed by atoms with Crippen molar-refractivity contribution < 1.29 is 19.1 Å². The first-order chi connectivity index (χ1) is 18.5. The first-order valence-electron chi connectivity index (χ1n) is 15.0. The molecule has 0 heterocycles. The Morgan fingerprint density at radius 1 is 0.900 bits per heavy atom. The summed E-state index contributed by atoms with van der Waals surface area (Å²) in [6, 6.07) is 0. The molecule has 0 radical (unpaired) electrons. The van der Waals surface area contributed by atoms with Crippen LogP contribution in [-0.4, -0.2) is 24.5 Å². The molecule has 1 saturated carbocycles. The van der Waals surface area contributed by atoms with Gasteiger partial charge in [0.05, 0.1) is 12.5 Å². The van der Waals surface area contributed by atoms with E-state index in [4.69, 9.17) is 4.74 Å². The van der Waals surface area contributed by atoms with Gasteiger partial charge in [0.25, 0.3) is 0 Å². The maximum atomic E-state index is 15.2. The maximum Gasteiger partial charge on any atom is 0.176 e. The van der Waals surface area contributed by atoms with Crippen LogP contribution in [-0.2, 0) is 19.1 Å². The van der Waals surface area contributed by atoms with Gasteiger partial charge in [0.2, 0.25) is 0 Å². The third kappa shape index (κ3) is 5.92. The predicted octanol–water partition coefficient (Wildman–Crippen LogP) is 9.08. The highest BCUT2D eigenvalue weighted by atomic mass is 16.5. The minimum absolute atomic E-state index is 0.0574. The third-order valence-corrected chi connectivity index (χ3v) is 9.15. The molecule has 2 rings (SSSR count). The fourth-order valence-electron chi connectivity index (χ4n) is 6.97. The largest absolute Gasteiger partial charge is 0.499 e. The summed E-state index contributed by atoms with van der Waals surface area (Å²) in [5, 5.41) is 0. The number of ether oxygens (including phenoxy) is 1. The van der Waals surface area contributed by atoms with Gasteiger partial charge < -0.3 is 4.74 Å². The van der Waals surface area contributed by atoms with Crippen LogP contribution in [0.15, 0.2) is 57.9 Å². The summed E-state index contributed by atoms with van der Waals surface area (Å²) in [5.41, 5.74) is 1.47. The van der Waals surface area contributed by atoms with Crippen molar-refractivity contribution >= 4 is 17.3 Å². The van der Waals surface area contributed by atoms with Crippen molar-refractivity contribution in [1.29, 1.82) is 0 Å². The van der Waals surface area contributed by atoms with Crippen LogP contribution >= 0.6 is 0 Å². The van der Waals surface area contributed by atoms with Crippen molar-refractivity contribution in [3.63, 3.8) is 0 Å². The van der Waals surface area contributed by atoms with E-state index < -0.39 is 22.2 Å². The average molecular weight is 551 g/mol. The number of carbonyl (C=O) groups excluding carboxylic acids is 3. The van der Waals surface area contributed by atoms with Gasteiger partial charge in [-0.3, -0.25) is 14.4 Å². The average Bonchev–Trinajstić information content (AvgIpc) is 2.85. The molecule has 2 aliphatic carbocycles. The molecule has 4 atom stereocenters.